The first-order valence-electron chi connectivity index (χ1n) is 7.58. The Kier molecular flexibility index (Phi) is 4.48. The van der Waals surface area contributed by atoms with Gasteiger partial charge in [-0.2, -0.15) is 0 Å². The molecule has 0 radical (unpaired) electrons. The number of halogens is 1. The molecule has 0 aliphatic heterocycles. The Morgan fingerprint density at radius 2 is 2.23 bits per heavy atom. The quantitative estimate of drug-likeness (QED) is 0.824. The molecule has 0 amide bonds. The zero-order valence-electron chi connectivity index (χ0n) is 12.6. The van der Waals surface area contributed by atoms with E-state index >= 15 is 0 Å². The van der Waals surface area contributed by atoms with Crippen molar-refractivity contribution in [3.63, 3.8) is 0 Å². The van der Waals surface area contributed by atoms with Gasteiger partial charge < -0.3 is 10.4 Å². The van der Waals surface area contributed by atoms with Gasteiger partial charge in [0.15, 0.2) is 0 Å². The maximum absolute atomic E-state index is 12.5. The fourth-order valence-electron chi connectivity index (χ4n) is 2.94. The molecule has 22 heavy (non-hydrogen) atoms. The van der Waals surface area contributed by atoms with E-state index in [1.807, 2.05) is 19.2 Å². The minimum Gasteiger partial charge on any atom is -0.508 e. The minimum atomic E-state index is -0.277. The molecule has 2 aromatic rings. The van der Waals surface area contributed by atoms with Gasteiger partial charge in [-0.3, -0.25) is 4.39 Å². The van der Waals surface area contributed by atoms with E-state index in [0.29, 0.717) is 18.1 Å². The van der Waals surface area contributed by atoms with Gasteiger partial charge in [-0.15, -0.1) is 11.3 Å². The van der Waals surface area contributed by atoms with Crippen molar-refractivity contribution < 1.29 is 9.50 Å². The second kappa shape index (κ2) is 6.53. The number of fused-ring (bicyclic) bond motifs is 1. The number of hydrogen-bond acceptors (Lipinski definition) is 3. The number of nitrogens with one attached hydrogen (secondary N) is 1. The van der Waals surface area contributed by atoms with Crippen molar-refractivity contribution >= 4 is 21.4 Å². The first kappa shape index (κ1) is 15.1. The van der Waals surface area contributed by atoms with Crippen molar-refractivity contribution in [1.82, 2.24) is 5.32 Å². The molecule has 2 N–H and O–H groups in total. The van der Waals surface area contributed by atoms with E-state index in [1.54, 1.807) is 17.4 Å². The van der Waals surface area contributed by atoms with Crippen molar-refractivity contribution in [3.8, 4) is 5.75 Å². The van der Waals surface area contributed by atoms with Crippen LogP contribution in [-0.2, 0) is 0 Å². The molecule has 4 heteroatoms. The van der Waals surface area contributed by atoms with Gasteiger partial charge in [-0.1, -0.05) is 12.2 Å². The number of allylic oxidation sites excluding steroid dienone is 3. The van der Waals surface area contributed by atoms with Crippen molar-refractivity contribution in [2.45, 2.75) is 25.2 Å². The molecule has 0 fully saturated rings. The minimum absolute atomic E-state index is 0.277. The summed E-state index contributed by atoms with van der Waals surface area (Å²) in [7, 11) is 1.91. The van der Waals surface area contributed by atoms with Crippen LogP contribution < -0.4 is 5.32 Å². The predicted octanol–water partition coefficient (Wildman–Crippen LogP) is 4.87. The average molecular weight is 317 g/mol. The van der Waals surface area contributed by atoms with Gasteiger partial charge in [0.25, 0.3) is 0 Å². The number of aromatic hydroxyl groups is 1. The van der Waals surface area contributed by atoms with Gasteiger partial charge in [0.2, 0.25) is 0 Å². The monoisotopic (exact) mass is 317 g/mol. The topological polar surface area (TPSA) is 32.3 Å². The van der Waals surface area contributed by atoms with Gasteiger partial charge in [0, 0.05) is 28.2 Å². The van der Waals surface area contributed by atoms with Crippen molar-refractivity contribution in [2.24, 2.45) is 0 Å². The number of phenols is 1. The summed E-state index contributed by atoms with van der Waals surface area (Å²) >= 11 is 1.72. The number of thiophene rings is 1. The summed E-state index contributed by atoms with van der Waals surface area (Å²) in [6, 6.07) is 7.69. The number of phenolic OH excluding ortho intramolecular Hbond substituents is 1. The third-order valence-corrected chi connectivity index (χ3v) is 5.29. The highest BCUT2D eigenvalue weighted by Gasteiger charge is 2.18. The second-order valence-corrected chi connectivity index (χ2v) is 6.68. The summed E-state index contributed by atoms with van der Waals surface area (Å²) in [5.41, 5.74) is 2.33. The SMILES string of the molecule is CNC1=CCC(c2cc3ccc(O)cc3s2)C=C1CCCF. The molecule has 0 saturated heterocycles. The molecule has 1 aromatic heterocycles. The summed E-state index contributed by atoms with van der Waals surface area (Å²) in [5.74, 6) is 0.646. The molecule has 1 heterocycles. The third-order valence-electron chi connectivity index (χ3n) is 4.06. The molecular weight excluding hydrogens is 297 g/mol. The summed E-state index contributed by atoms with van der Waals surface area (Å²) in [5, 5.41) is 14.0. The fourth-order valence-corrected chi connectivity index (χ4v) is 4.12. The van der Waals surface area contributed by atoms with Crippen molar-refractivity contribution in [1.29, 1.82) is 0 Å². The van der Waals surface area contributed by atoms with Crippen LogP contribution in [0.15, 0.2) is 47.7 Å². The zero-order chi connectivity index (χ0) is 15.5. The number of hydrogen-bond donors (Lipinski definition) is 2. The van der Waals surface area contributed by atoms with Crippen LogP contribution in [0.3, 0.4) is 0 Å². The summed E-state index contributed by atoms with van der Waals surface area (Å²) < 4.78 is 13.6. The lowest BCUT2D eigenvalue weighted by Gasteiger charge is -2.21. The highest BCUT2D eigenvalue weighted by atomic mass is 32.1. The van der Waals surface area contributed by atoms with E-state index in [0.717, 1.165) is 23.2 Å². The Bertz CT molecular complexity index is 732. The molecule has 0 spiro atoms. The number of alkyl halides is 1. The molecule has 1 aromatic carbocycles. The number of likely N-dealkylation sites (N-methyl/N-ethyl adjacent to an activating group) is 1. The highest BCUT2D eigenvalue weighted by Crippen LogP contribution is 2.38. The smallest absolute Gasteiger partial charge is 0.117 e. The van der Waals surface area contributed by atoms with Crippen LogP contribution in [0, 0.1) is 0 Å². The molecule has 0 saturated carbocycles. The van der Waals surface area contributed by atoms with E-state index in [-0.39, 0.29) is 6.67 Å². The first-order chi connectivity index (χ1) is 10.7. The van der Waals surface area contributed by atoms with Gasteiger partial charge in [0.1, 0.15) is 5.75 Å². The molecular formula is C18H20FNOS. The van der Waals surface area contributed by atoms with E-state index in [2.05, 4.69) is 23.5 Å². The van der Waals surface area contributed by atoms with E-state index in [9.17, 15) is 9.50 Å². The van der Waals surface area contributed by atoms with Gasteiger partial charge in [-0.05, 0) is 54.5 Å². The normalized spacial score (nSPS) is 18.2. The fraction of sp³-hybridized carbons (Fsp3) is 0.333. The molecule has 0 bridgehead atoms. The Morgan fingerprint density at radius 1 is 1.36 bits per heavy atom. The van der Waals surface area contributed by atoms with Crippen molar-refractivity contribution in [2.75, 3.05) is 13.7 Å². The van der Waals surface area contributed by atoms with Crippen LogP contribution in [0.2, 0.25) is 0 Å². The highest BCUT2D eigenvalue weighted by molar-refractivity contribution is 7.19. The number of benzene rings is 1. The first-order valence-corrected chi connectivity index (χ1v) is 8.40. The predicted molar refractivity (Wildman–Crippen MR) is 91.3 cm³/mol. The third kappa shape index (κ3) is 3.02. The summed E-state index contributed by atoms with van der Waals surface area (Å²) in [6.07, 6.45) is 6.77. The Hall–Kier alpha value is -1.81. The Labute approximate surface area is 134 Å². The maximum Gasteiger partial charge on any atom is 0.117 e. The summed E-state index contributed by atoms with van der Waals surface area (Å²) in [4.78, 5) is 1.30. The van der Waals surface area contributed by atoms with Gasteiger partial charge >= 0.3 is 0 Å². The van der Waals surface area contributed by atoms with Crippen LogP contribution in [0.5, 0.6) is 5.75 Å². The lowest BCUT2D eigenvalue weighted by atomic mass is 9.90. The molecule has 116 valence electrons. The largest absolute Gasteiger partial charge is 0.508 e. The lowest BCUT2D eigenvalue weighted by molar-refractivity contribution is 0.472. The van der Waals surface area contributed by atoms with E-state index in [4.69, 9.17) is 0 Å². The number of rotatable bonds is 5. The van der Waals surface area contributed by atoms with E-state index < -0.39 is 0 Å². The average Bonchev–Trinajstić information content (AvgIpc) is 2.95. The molecule has 1 unspecified atom stereocenters. The summed E-state index contributed by atoms with van der Waals surface area (Å²) in [6.45, 7) is -0.277. The van der Waals surface area contributed by atoms with Crippen LogP contribution in [0.4, 0.5) is 4.39 Å². The maximum atomic E-state index is 12.5. The lowest BCUT2D eigenvalue weighted by Crippen LogP contribution is -2.13. The Morgan fingerprint density at radius 3 is 3.00 bits per heavy atom. The molecule has 3 rings (SSSR count). The molecule has 1 aliphatic carbocycles. The molecule has 1 aliphatic rings. The van der Waals surface area contributed by atoms with Crippen molar-refractivity contribution in [3.05, 3.63) is 52.6 Å². The second-order valence-electron chi connectivity index (χ2n) is 5.57. The van der Waals surface area contributed by atoms with Gasteiger partial charge in [-0.25, -0.2) is 0 Å². The van der Waals surface area contributed by atoms with Crippen LogP contribution in [-0.4, -0.2) is 18.8 Å². The molecule has 1 atom stereocenters. The van der Waals surface area contributed by atoms with Crippen LogP contribution >= 0.6 is 11.3 Å². The molecule has 2 nitrogen and oxygen atoms in total. The standard InChI is InChI=1S/C18H20FNOS/c1-20-16-7-5-13(9-12(16)3-2-8-19)17-10-14-4-6-15(21)11-18(14)22-17/h4,6-7,9-11,13,20-21H,2-3,5,8H2,1H3. The van der Waals surface area contributed by atoms with Crippen LogP contribution in [0.25, 0.3) is 10.1 Å². The Balaban J connectivity index is 1.89. The van der Waals surface area contributed by atoms with E-state index in [1.165, 1.54) is 15.8 Å². The van der Waals surface area contributed by atoms with Crippen LogP contribution in [0.1, 0.15) is 30.1 Å². The zero-order valence-corrected chi connectivity index (χ0v) is 13.4. The van der Waals surface area contributed by atoms with Gasteiger partial charge in [0.05, 0.1) is 6.67 Å².